The zero-order valence-electron chi connectivity index (χ0n) is 12.9. The second-order valence-electron chi connectivity index (χ2n) is 5.43. The average molecular weight is 298 g/mol. The number of aliphatic carboxylic acids is 1. The smallest absolute Gasteiger partial charge is 0.303 e. The van der Waals surface area contributed by atoms with Crippen LogP contribution in [0.3, 0.4) is 0 Å². The van der Waals surface area contributed by atoms with Crippen molar-refractivity contribution < 1.29 is 14.6 Å². The van der Waals surface area contributed by atoms with Crippen LogP contribution in [0.1, 0.15) is 29.5 Å². The molecule has 2 aromatic carbocycles. The van der Waals surface area contributed by atoms with Gasteiger partial charge in [-0.2, -0.15) is 0 Å². The van der Waals surface area contributed by atoms with Crippen LogP contribution in [0, 0.1) is 6.92 Å². The maximum absolute atomic E-state index is 10.5. The number of aryl methyl sites for hydroxylation is 2. The molecule has 0 atom stereocenters. The second kappa shape index (κ2) is 8.23. The molecular formula is C19H22O3. The second-order valence-corrected chi connectivity index (χ2v) is 5.43. The Morgan fingerprint density at radius 3 is 2.50 bits per heavy atom. The van der Waals surface area contributed by atoms with Gasteiger partial charge >= 0.3 is 5.97 Å². The van der Waals surface area contributed by atoms with Crippen molar-refractivity contribution in [1.82, 2.24) is 0 Å². The Morgan fingerprint density at radius 2 is 1.82 bits per heavy atom. The van der Waals surface area contributed by atoms with E-state index in [4.69, 9.17) is 9.84 Å². The largest absolute Gasteiger partial charge is 0.493 e. The van der Waals surface area contributed by atoms with Gasteiger partial charge in [0.15, 0.2) is 0 Å². The topological polar surface area (TPSA) is 46.5 Å². The van der Waals surface area contributed by atoms with E-state index in [2.05, 4.69) is 18.2 Å². The van der Waals surface area contributed by atoms with Crippen LogP contribution in [0.2, 0.25) is 0 Å². The van der Waals surface area contributed by atoms with Gasteiger partial charge in [0, 0.05) is 12.8 Å². The maximum Gasteiger partial charge on any atom is 0.303 e. The monoisotopic (exact) mass is 298 g/mol. The number of carbonyl (C=O) groups is 1. The SMILES string of the molecule is Cc1cc(CCCC(=O)O)ccc1OCCc1ccccc1. The molecule has 0 heterocycles. The van der Waals surface area contributed by atoms with E-state index in [1.54, 1.807) is 0 Å². The van der Waals surface area contributed by atoms with E-state index in [1.165, 1.54) is 5.56 Å². The predicted molar refractivity (Wildman–Crippen MR) is 87.4 cm³/mol. The van der Waals surface area contributed by atoms with E-state index in [0.717, 1.165) is 29.7 Å². The van der Waals surface area contributed by atoms with Gasteiger partial charge < -0.3 is 9.84 Å². The van der Waals surface area contributed by atoms with Gasteiger partial charge in [0.2, 0.25) is 0 Å². The van der Waals surface area contributed by atoms with E-state index < -0.39 is 5.97 Å². The fourth-order valence-electron chi connectivity index (χ4n) is 2.40. The van der Waals surface area contributed by atoms with Crippen LogP contribution in [0.25, 0.3) is 0 Å². The summed E-state index contributed by atoms with van der Waals surface area (Å²) in [5.41, 5.74) is 3.53. The highest BCUT2D eigenvalue weighted by Gasteiger charge is 2.03. The van der Waals surface area contributed by atoms with Crippen molar-refractivity contribution in [3.8, 4) is 5.75 Å². The summed E-state index contributed by atoms with van der Waals surface area (Å²) in [4.78, 5) is 10.5. The molecule has 3 heteroatoms. The van der Waals surface area contributed by atoms with Crippen molar-refractivity contribution in [2.24, 2.45) is 0 Å². The van der Waals surface area contributed by atoms with Crippen molar-refractivity contribution in [2.75, 3.05) is 6.61 Å². The van der Waals surface area contributed by atoms with Gasteiger partial charge in [0.05, 0.1) is 6.61 Å². The van der Waals surface area contributed by atoms with Crippen LogP contribution in [0.4, 0.5) is 0 Å². The summed E-state index contributed by atoms with van der Waals surface area (Å²) in [5.74, 6) is 0.163. The van der Waals surface area contributed by atoms with E-state index in [9.17, 15) is 4.79 Å². The number of hydrogen-bond donors (Lipinski definition) is 1. The molecule has 0 fully saturated rings. The van der Waals surface area contributed by atoms with Gasteiger partial charge in [-0.3, -0.25) is 4.79 Å². The zero-order valence-corrected chi connectivity index (χ0v) is 12.9. The molecule has 0 bridgehead atoms. The first-order valence-corrected chi connectivity index (χ1v) is 7.63. The van der Waals surface area contributed by atoms with Crippen LogP contribution in [0.5, 0.6) is 5.75 Å². The van der Waals surface area contributed by atoms with E-state index in [1.807, 2.05) is 37.3 Å². The van der Waals surface area contributed by atoms with E-state index in [-0.39, 0.29) is 6.42 Å². The molecule has 22 heavy (non-hydrogen) atoms. The molecule has 0 saturated carbocycles. The fraction of sp³-hybridized carbons (Fsp3) is 0.316. The molecule has 0 aromatic heterocycles. The van der Waals surface area contributed by atoms with Crippen LogP contribution in [0.15, 0.2) is 48.5 Å². The third kappa shape index (κ3) is 5.24. The summed E-state index contributed by atoms with van der Waals surface area (Å²) < 4.78 is 5.84. The number of hydrogen-bond acceptors (Lipinski definition) is 2. The van der Waals surface area contributed by atoms with Crippen molar-refractivity contribution in [3.05, 3.63) is 65.2 Å². The first-order valence-electron chi connectivity index (χ1n) is 7.63. The van der Waals surface area contributed by atoms with E-state index >= 15 is 0 Å². The lowest BCUT2D eigenvalue weighted by molar-refractivity contribution is -0.137. The highest BCUT2D eigenvalue weighted by molar-refractivity contribution is 5.66. The van der Waals surface area contributed by atoms with Crippen molar-refractivity contribution in [2.45, 2.75) is 32.6 Å². The van der Waals surface area contributed by atoms with Crippen LogP contribution < -0.4 is 4.74 Å². The van der Waals surface area contributed by atoms with Crippen molar-refractivity contribution in [3.63, 3.8) is 0 Å². The molecule has 2 aromatic rings. The number of carboxylic acid groups (broad SMARTS) is 1. The predicted octanol–water partition coefficient (Wildman–Crippen LogP) is 4.02. The first kappa shape index (κ1) is 16.1. The molecule has 0 aliphatic heterocycles. The Labute approximate surface area is 131 Å². The van der Waals surface area contributed by atoms with Crippen LogP contribution in [-0.4, -0.2) is 17.7 Å². The minimum absolute atomic E-state index is 0.217. The molecular weight excluding hydrogens is 276 g/mol. The molecule has 0 aliphatic rings. The summed E-state index contributed by atoms with van der Waals surface area (Å²) in [6.45, 7) is 2.68. The zero-order chi connectivity index (χ0) is 15.8. The fourth-order valence-corrected chi connectivity index (χ4v) is 2.40. The van der Waals surface area contributed by atoms with Crippen LogP contribution in [-0.2, 0) is 17.6 Å². The van der Waals surface area contributed by atoms with Gasteiger partial charge in [0.25, 0.3) is 0 Å². The highest BCUT2D eigenvalue weighted by atomic mass is 16.5. The number of ether oxygens (including phenoxy) is 1. The number of carboxylic acids is 1. The van der Waals surface area contributed by atoms with Gasteiger partial charge in [-0.1, -0.05) is 42.5 Å². The standard InChI is InChI=1S/C19H22O3/c1-15-14-17(8-5-9-19(20)21)10-11-18(15)22-13-12-16-6-3-2-4-7-16/h2-4,6-7,10-11,14H,5,8-9,12-13H2,1H3,(H,20,21). The Kier molecular flexibility index (Phi) is 6.01. The third-order valence-electron chi connectivity index (χ3n) is 3.59. The Hall–Kier alpha value is -2.29. The van der Waals surface area contributed by atoms with Crippen molar-refractivity contribution >= 4 is 5.97 Å². The maximum atomic E-state index is 10.5. The lowest BCUT2D eigenvalue weighted by Crippen LogP contribution is -2.03. The Morgan fingerprint density at radius 1 is 1.05 bits per heavy atom. The lowest BCUT2D eigenvalue weighted by Gasteiger charge is -2.11. The third-order valence-corrected chi connectivity index (χ3v) is 3.59. The summed E-state index contributed by atoms with van der Waals surface area (Å²) in [7, 11) is 0. The molecule has 0 amide bonds. The number of benzene rings is 2. The van der Waals surface area contributed by atoms with Crippen LogP contribution >= 0.6 is 0 Å². The lowest BCUT2D eigenvalue weighted by atomic mass is 10.1. The van der Waals surface area contributed by atoms with Crippen molar-refractivity contribution in [1.29, 1.82) is 0 Å². The first-order chi connectivity index (χ1) is 10.6. The summed E-state index contributed by atoms with van der Waals surface area (Å²) >= 11 is 0. The molecule has 0 aliphatic carbocycles. The minimum Gasteiger partial charge on any atom is -0.493 e. The number of rotatable bonds is 8. The van der Waals surface area contributed by atoms with Gasteiger partial charge in [-0.15, -0.1) is 0 Å². The quantitative estimate of drug-likeness (QED) is 0.800. The molecule has 0 saturated heterocycles. The Bertz CT molecular complexity index is 605. The van der Waals surface area contributed by atoms with E-state index in [0.29, 0.717) is 13.0 Å². The molecule has 116 valence electrons. The molecule has 0 spiro atoms. The van der Waals surface area contributed by atoms with Gasteiger partial charge in [-0.05, 0) is 42.5 Å². The minimum atomic E-state index is -0.738. The normalized spacial score (nSPS) is 10.4. The highest BCUT2D eigenvalue weighted by Crippen LogP contribution is 2.20. The summed E-state index contributed by atoms with van der Waals surface area (Å²) in [6.07, 6.45) is 2.56. The molecule has 0 unspecified atom stereocenters. The molecule has 0 radical (unpaired) electrons. The summed E-state index contributed by atoms with van der Waals surface area (Å²) in [5, 5.41) is 8.66. The molecule has 3 nitrogen and oxygen atoms in total. The summed E-state index contributed by atoms with van der Waals surface area (Å²) in [6, 6.07) is 16.4. The van der Waals surface area contributed by atoms with Gasteiger partial charge in [-0.25, -0.2) is 0 Å². The average Bonchev–Trinajstić information content (AvgIpc) is 2.50. The Balaban J connectivity index is 1.83. The molecule has 1 N–H and O–H groups in total. The molecule has 2 rings (SSSR count). The van der Waals surface area contributed by atoms with Gasteiger partial charge in [0.1, 0.15) is 5.75 Å².